The van der Waals surface area contributed by atoms with E-state index in [9.17, 15) is 8.42 Å². The van der Waals surface area contributed by atoms with Crippen molar-refractivity contribution in [3.05, 3.63) is 0 Å². The Bertz CT molecular complexity index is 587. The van der Waals surface area contributed by atoms with Crippen LogP contribution >= 0.6 is 0 Å². The van der Waals surface area contributed by atoms with E-state index < -0.39 is 9.84 Å². The Kier molecular flexibility index (Phi) is 6.83. The first kappa shape index (κ1) is 19.9. The molecule has 5 unspecified atom stereocenters. The third kappa shape index (κ3) is 5.84. The first-order chi connectivity index (χ1) is 12.4. The molecule has 1 saturated carbocycles. The summed E-state index contributed by atoms with van der Waals surface area (Å²) in [6.45, 7) is 6.88. The molecule has 0 amide bonds. The maximum absolute atomic E-state index is 11.7. The molecule has 2 aliphatic heterocycles. The average Bonchev–Trinajstić information content (AvgIpc) is 3.22. The van der Waals surface area contributed by atoms with Crippen LogP contribution in [0.3, 0.4) is 0 Å². The summed E-state index contributed by atoms with van der Waals surface area (Å²) in [4.78, 5) is 4.74. The Morgan fingerprint density at radius 1 is 1.15 bits per heavy atom. The summed E-state index contributed by atoms with van der Waals surface area (Å²) < 4.78 is 29.1. The summed E-state index contributed by atoms with van der Waals surface area (Å²) in [5, 5.41) is 7.05. The monoisotopic (exact) mass is 385 g/mol. The van der Waals surface area contributed by atoms with Crippen LogP contribution in [0, 0.1) is 17.8 Å². The molecule has 5 atom stereocenters. The van der Waals surface area contributed by atoms with Crippen molar-refractivity contribution in [2.75, 3.05) is 31.2 Å². The van der Waals surface area contributed by atoms with Gasteiger partial charge in [-0.25, -0.2) is 8.42 Å². The molecule has 0 aromatic rings. The van der Waals surface area contributed by atoms with Crippen LogP contribution in [0.1, 0.15) is 52.4 Å². The summed E-state index contributed by atoms with van der Waals surface area (Å²) >= 11 is 0. The van der Waals surface area contributed by atoms with Gasteiger partial charge in [0.25, 0.3) is 0 Å². The van der Waals surface area contributed by atoms with Crippen molar-refractivity contribution < 1.29 is 13.2 Å². The van der Waals surface area contributed by atoms with Gasteiger partial charge in [-0.1, -0.05) is 13.8 Å². The average molecular weight is 386 g/mol. The molecule has 0 spiro atoms. The van der Waals surface area contributed by atoms with Gasteiger partial charge in [-0.05, 0) is 56.3 Å². The smallest absolute Gasteiger partial charge is 0.191 e. The molecule has 7 heteroatoms. The molecular formula is C19H35N3O3S. The molecule has 2 N–H and O–H groups in total. The number of nitrogens with one attached hydrogen (secondary N) is 2. The molecule has 0 bridgehead atoms. The summed E-state index contributed by atoms with van der Waals surface area (Å²) in [5.74, 6) is 3.10. The minimum Gasteiger partial charge on any atom is -0.376 e. The first-order valence-corrected chi connectivity index (χ1v) is 12.1. The van der Waals surface area contributed by atoms with Crippen molar-refractivity contribution in [3.63, 3.8) is 0 Å². The molecule has 3 rings (SSSR count). The second kappa shape index (κ2) is 8.91. The SMILES string of the molecule is CC1CCC(NC(=NCC2CCS(=O)(=O)C2)NCC2CCCO2)CC1C. The molecule has 1 aliphatic carbocycles. The van der Waals surface area contributed by atoms with Crippen LogP contribution in [0.4, 0.5) is 0 Å². The molecule has 2 heterocycles. The molecule has 150 valence electrons. The first-order valence-electron chi connectivity index (χ1n) is 10.3. The zero-order valence-corrected chi connectivity index (χ0v) is 17.1. The standard InChI is InChI=1S/C19H35N3O3S/c1-14-5-6-17(10-15(14)2)22-19(21-12-18-4-3-8-25-18)20-11-16-7-9-26(23,24)13-16/h14-18H,3-13H2,1-2H3,(H2,20,21,22). The summed E-state index contributed by atoms with van der Waals surface area (Å²) in [5.41, 5.74) is 0. The van der Waals surface area contributed by atoms with Crippen LogP contribution in [-0.2, 0) is 14.6 Å². The van der Waals surface area contributed by atoms with Crippen LogP contribution in [-0.4, -0.2) is 57.7 Å². The van der Waals surface area contributed by atoms with Gasteiger partial charge in [-0.15, -0.1) is 0 Å². The lowest BCUT2D eigenvalue weighted by atomic mass is 9.79. The van der Waals surface area contributed by atoms with Gasteiger partial charge >= 0.3 is 0 Å². The second-order valence-corrected chi connectivity index (χ2v) is 10.8. The van der Waals surface area contributed by atoms with E-state index in [-0.39, 0.29) is 17.8 Å². The van der Waals surface area contributed by atoms with Gasteiger partial charge in [-0.3, -0.25) is 4.99 Å². The highest BCUT2D eigenvalue weighted by atomic mass is 32.2. The number of rotatable bonds is 5. The molecule has 2 saturated heterocycles. The Morgan fingerprint density at radius 2 is 2.00 bits per heavy atom. The third-order valence-corrected chi connectivity index (χ3v) is 8.13. The van der Waals surface area contributed by atoms with Crippen molar-refractivity contribution in [2.45, 2.75) is 64.5 Å². The fourth-order valence-electron chi connectivity index (χ4n) is 4.28. The lowest BCUT2D eigenvalue weighted by Crippen LogP contribution is -2.48. The summed E-state index contributed by atoms with van der Waals surface area (Å²) in [6.07, 6.45) is 6.81. The van der Waals surface area contributed by atoms with Crippen molar-refractivity contribution >= 4 is 15.8 Å². The Labute approximate surface area is 158 Å². The molecular weight excluding hydrogens is 350 g/mol. The zero-order valence-electron chi connectivity index (χ0n) is 16.2. The van der Waals surface area contributed by atoms with E-state index in [0.717, 1.165) is 50.2 Å². The fraction of sp³-hybridized carbons (Fsp3) is 0.947. The zero-order chi connectivity index (χ0) is 18.6. The fourth-order valence-corrected chi connectivity index (χ4v) is 6.13. The normalized spacial score (nSPS) is 37.6. The highest BCUT2D eigenvalue weighted by molar-refractivity contribution is 7.91. The number of sulfone groups is 1. The minimum atomic E-state index is -2.84. The number of guanidine groups is 1. The summed E-state index contributed by atoms with van der Waals surface area (Å²) in [7, 11) is -2.84. The van der Waals surface area contributed by atoms with E-state index in [1.165, 1.54) is 19.3 Å². The molecule has 0 radical (unpaired) electrons. The molecule has 6 nitrogen and oxygen atoms in total. The highest BCUT2D eigenvalue weighted by Gasteiger charge is 2.28. The highest BCUT2D eigenvalue weighted by Crippen LogP contribution is 2.29. The number of nitrogens with zero attached hydrogens (tertiary/aromatic N) is 1. The maximum atomic E-state index is 11.7. The second-order valence-electron chi connectivity index (χ2n) is 8.58. The van der Waals surface area contributed by atoms with Crippen LogP contribution in [0.2, 0.25) is 0 Å². The number of hydrogen-bond acceptors (Lipinski definition) is 4. The van der Waals surface area contributed by atoms with Crippen LogP contribution < -0.4 is 10.6 Å². The van der Waals surface area contributed by atoms with Crippen LogP contribution in [0.25, 0.3) is 0 Å². The topological polar surface area (TPSA) is 79.8 Å². The van der Waals surface area contributed by atoms with Gasteiger partial charge < -0.3 is 15.4 Å². The minimum absolute atomic E-state index is 0.159. The van der Waals surface area contributed by atoms with E-state index in [1.54, 1.807) is 0 Å². The van der Waals surface area contributed by atoms with Gasteiger partial charge in [0.05, 0.1) is 17.6 Å². The molecule has 26 heavy (non-hydrogen) atoms. The quantitative estimate of drug-likeness (QED) is 0.559. The van der Waals surface area contributed by atoms with Crippen molar-refractivity contribution in [2.24, 2.45) is 22.7 Å². The number of aliphatic imine (C=N–C) groups is 1. The van der Waals surface area contributed by atoms with E-state index in [4.69, 9.17) is 9.73 Å². The van der Waals surface area contributed by atoms with E-state index >= 15 is 0 Å². The van der Waals surface area contributed by atoms with E-state index in [0.29, 0.717) is 18.3 Å². The third-order valence-electron chi connectivity index (χ3n) is 6.29. The number of hydrogen-bond donors (Lipinski definition) is 2. The van der Waals surface area contributed by atoms with Gasteiger partial charge in [0.1, 0.15) is 0 Å². The van der Waals surface area contributed by atoms with Gasteiger partial charge in [0.15, 0.2) is 15.8 Å². The lowest BCUT2D eigenvalue weighted by molar-refractivity contribution is 0.113. The predicted molar refractivity (Wildman–Crippen MR) is 105 cm³/mol. The Balaban J connectivity index is 1.56. The van der Waals surface area contributed by atoms with Gasteiger partial charge in [0.2, 0.25) is 0 Å². The van der Waals surface area contributed by atoms with Crippen molar-refractivity contribution in [1.82, 2.24) is 10.6 Å². The van der Waals surface area contributed by atoms with Gasteiger partial charge in [0, 0.05) is 25.7 Å². The van der Waals surface area contributed by atoms with Crippen LogP contribution in [0.5, 0.6) is 0 Å². The molecule has 0 aromatic heterocycles. The number of ether oxygens (including phenoxy) is 1. The predicted octanol–water partition coefficient (Wildman–Crippen LogP) is 1.96. The van der Waals surface area contributed by atoms with E-state index in [2.05, 4.69) is 24.5 Å². The van der Waals surface area contributed by atoms with E-state index in [1.807, 2.05) is 0 Å². The largest absolute Gasteiger partial charge is 0.376 e. The molecule has 3 fully saturated rings. The molecule has 0 aromatic carbocycles. The van der Waals surface area contributed by atoms with Crippen molar-refractivity contribution in [3.8, 4) is 0 Å². The summed E-state index contributed by atoms with van der Waals surface area (Å²) in [6, 6.07) is 0.448. The Morgan fingerprint density at radius 3 is 2.65 bits per heavy atom. The Hall–Kier alpha value is -0.820. The van der Waals surface area contributed by atoms with Crippen LogP contribution in [0.15, 0.2) is 4.99 Å². The van der Waals surface area contributed by atoms with Crippen molar-refractivity contribution in [1.29, 1.82) is 0 Å². The lowest BCUT2D eigenvalue weighted by Gasteiger charge is -2.33. The maximum Gasteiger partial charge on any atom is 0.191 e. The molecule has 3 aliphatic rings. The van der Waals surface area contributed by atoms with Gasteiger partial charge in [-0.2, -0.15) is 0 Å².